The number of benzene rings is 1. The highest BCUT2D eigenvalue weighted by Crippen LogP contribution is 2.30. The zero-order chi connectivity index (χ0) is 10.1. The van der Waals surface area contributed by atoms with E-state index in [0.29, 0.717) is 15.2 Å². The van der Waals surface area contributed by atoms with Crippen LogP contribution in [-0.4, -0.2) is 10.2 Å². The van der Waals surface area contributed by atoms with E-state index in [1.807, 2.05) is 6.07 Å². The molecule has 2 rings (SSSR count). The van der Waals surface area contributed by atoms with Gasteiger partial charge < -0.3 is 5.73 Å². The predicted octanol–water partition coefficient (Wildman–Crippen LogP) is 3.52. The summed E-state index contributed by atoms with van der Waals surface area (Å²) in [5, 5.41) is 9.81. The van der Waals surface area contributed by atoms with Crippen molar-refractivity contribution < 1.29 is 0 Å². The van der Waals surface area contributed by atoms with Crippen LogP contribution in [0.1, 0.15) is 0 Å². The average molecular weight is 283 g/mol. The number of halogens is 3. The van der Waals surface area contributed by atoms with Crippen LogP contribution in [0.5, 0.6) is 0 Å². The lowest BCUT2D eigenvalue weighted by Gasteiger charge is -1.97. The molecule has 7 heteroatoms. The molecule has 0 aliphatic heterocycles. The molecule has 1 aromatic carbocycles. The Kier molecular flexibility index (Phi) is 4.16. The molecule has 0 saturated heterocycles. The van der Waals surface area contributed by atoms with E-state index >= 15 is 0 Å². The fourth-order valence-electron chi connectivity index (χ4n) is 0.980. The molecule has 0 atom stereocenters. The summed E-state index contributed by atoms with van der Waals surface area (Å²) < 4.78 is 0. The summed E-state index contributed by atoms with van der Waals surface area (Å²) in [5.41, 5.74) is 6.34. The van der Waals surface area contributed by atoms with Crippen LogP contribution < -0.4 is 5.73 Å². The summed E-state index contributed by atoms with van der Waals surface area (Å²) in [6.07, 6.45) is 0. The normalized spacial score (nSPS) is 9.73. The molecule has 1 aromatic heterocycles. The van der Waals surface area contributed by atoms with Crippen LogP contribution in [0.3, 0.4) is 0 Å². The van der Waals surface area contributed by atoms with Crippen molar-refractivity contribution in [3.8, 4) is 10.6 Å². The second-order valence-electron chi connectivity index (χ2n) is 2.57. The minimum absolute atomic E-state index is 0. The zero-order valence-corrected chi connectivity index (χ0v) is 10.4. The molecule has 15 heavy (non-hydrogen) atoms. The van der Waals surface area contributed by atoms with Crippen molar-refractivity contribution >= 4 is 52.1 Å². The first-order chi connectivity index (χ1) is 6.66. The molecule has 2 N–H and O–H groups in total. The Bertz CT molecular complexity index is 472. The monoisotopic (exact) mass is 281 g/mol. The molecule has 3 nitrogen and oxygen atoms in total. The van der Waals surface area contributed by atoms with E-state index < -0.39 is 0 Å². The summed E-state index contributed by atoms with van der Waals surface area (Å²) in [6.45, 7) is 0. The van der Waals surface area contributed by atoms with Gasteiger partial charge in [0.2, 0.25) is 5.13 Å². The lowest BCUT2D eigenvalue weighted by atomic mass is 10.2. The molecule has 0 aliphatic rings. The Balaban J connectivity index is 0.00000112. The summed E-state index contributed by atoms with van der Waals surface area (Å²) in [5.74, 6) is 0. The number of hydrogen-bond acceptors (Lipinski definition) is 4. The minimum atomic E-state index is 0. The quantitative estimate of drug-likeness (QED) is 0.871. The van der Waals surface area contributed by atoms with Crippen molar-refractivity contribution in [3.63, 3.8) is 0 Å². The Morgan fingerprint density at radius 1 is 1.13 bits per heavy atom. The number of hydrogen-bond donors (Lipinski definition) is 1. The first kappa shape index (κ1) is 12.5. The predicted molar refractivity (Wildman–Crippen MR) is 67.0 cm³/mol. The van der Waals surface area contributed by atoms with Gasteiger partial charge in [0.1, 0.15) is 5.01 Å². The van der Waals surface area contributed by atoms with Gasteiger partial charge in [-0.1, -0.05) is 40.6 Å². The van der Waals surface area contributed by atoms with Crippen LogP contribution in [0.25, 0.3) is 10.6 Å². The van der Waals surface area contributed by atoms with Crippen LogP contribution in [0.4, 0.5) is 5.13 Å². The van der Waals surface area contributed by atoms with Crippen molar-refractivity contribution in [2.75, 3.05) is 5.73 Å². The zero-order valence-electron chi connectivity index (χ0n) is 7.28. The van der Waals surface area contributed by atoms with Gasteiger partial charge in [-0.05, 0) is 12.1 Å². The second kappa shape index (κ2) is 4.99. The highest BCUT2D eigenvalue weighted by atomic mass is 35.5. The fraction of sp³-hybridized carbons (Fsp3) is 0. The average Bonchev–Trinajstić information content (AvgIpc) is 2.57. The van der Waals surface area contributed by atoms with Crippen molar-refractivity contribution in [2.45, 2.75) is 0 Å². The van der Waals surface area contributed by atoms with Gasteiger partial charge in [-0.15, -0.1) is 22.6 Å². The van der Waals surface area contributed by atoms with Crippen molar-refractivity contribution in [1.29, 1.82) is 0 Å². The van der Waals surface area contributed by atoms with Crippen molar-refractivity contribution in [2.24, 2.45) is 0 Å². The number of nitrogen functional groups attached to an aromatic ring is 1. The topological polar surface area (TPSA) is 51.8 Å². The third kappa shape index (κ3) is 2.72. The van der Waals surface area contributed by atoms with Gasteiger partial charge in [-0.3, -0.25) is 0 Å². The second-order valence-corrected chi connectivity index (χ2v) is 4.40. The first-order valence-electron chi connectivity index (χ1n) is 3.71. The molecule has 0 aliphatic carbocycles. The van der Waals surface area contributed by atoms with E-state index in [-0.39, 0.29) is 12.4 Å². The van der Waals surface area contributed by atoms with Gasteiger partial charge >= 0.3 is 0 Å². The van der Waals surface area contributed by atoms with Crippen molar-refractivity contribution in [3.05, 3.63) is 28.2 Å². The molecule has 0 amide bonds. The Hall–Kier alpha value is -0.550. The number of nitrogens with zero attached hydrogens (tertiary/aromatic N) is 2. The summed E-state index contributed by atoms with van der Waals surface area (Å²) in [4.78, 5) is 0. The lowest BCUT2D eigenvalue weighted by molar-refractivity contribution is 1.10. The molecule has 0 unspecified atom stereocenters. The van der Waals surface area contributed by atoms with E-state index in [1.165, 1.54) is 11.3 Å². The van der Waals surface area contributed by atoms with Gasteiger partial charge in [-0.25, -0.2) is 0 Å². The maximum atomic E-state index is 5.86. The van der Waals surface area contributed by atoms with Gasteiger partial charge in [0.05, 0.1) is 10.0 Å². The molecule has 80 valence electrons. The van der Waals surface area contributed by atoms with E-state index in [4.69, 9.17) is 28.9 Å². The van der Waals surface area contributed by atoms with Crippen LogP contribution in [0.2, 0.25) is 10.0 Å². The molecule has 1 heterocycles. The van der Waals surface area contributed by atoms with Gasteiger partial charge in [-0.2, -0.15) is 0 Å². The van der Waals surface area contributed by atoms with Crippen LogP contribution >= 0.6 is 46.9 Å². The molecule has 0 spiro atoms. The fourth-order valence-corrected chi connectivity index (χ4v) is 1.88. The number of nitrogens with two attached hydrogens (primary N) is 1. The minimum Gasteiger partial charge on any atom is -0.374 e. The highest BCUT2D eigenvalue weighted by Gasteiger charge is 2.06. The largest absolute Gasteiger partial charge is 0.374 e. The summed E-state index contributed by atoms with van der Waals surface area (Å²) in [6, 6.07) is 5.29. The Morgan fingerprint density at radius 2 is 1.87 bits per heavy atom. The van der Waals surface area contributed by atoms with Crippen LogP contribution in [-0.2, 0) is 0 Å². The third-order valence-electron chi connectivity index (χ3n) is 1.61. The molecule has 0 radical (unpaired) electrons. The molecule has 0 bridgehead atoms. The SMILES string of the molecule is Cl.Nc1nnc(-c2ccc(Cl)c(Cl)c2)s1. The lowest BCUT2D eigenvalue weighted by Crippen LogP contribution is -1.80. The Labute approximate surface area is 107 Å². The van der Waals surface area contributed by atoms with Crippen LogP contribution in [0.15, 0.2) is 18.2 Å². The van der Waals surface area contributed by atoms with Crippen LogP contribution in [0, 0.1) is 0 Å². The molecular weight excluding hydrogens is 277 g/mol. The van der Waals surface area contributed by atoms with Crippen molar-refractivity contribution in [1.82, 2.24) is 10.2 Å². The maximum absolute atomic E-state index is 5.86. The van der Waals surface area contributed by atoms with Gasteiger partial charge in [0, 0.05) is 5.56 Å². The summed E-state index contributed by atoms with van der Waals surface area (Å²) in [7, 11) is 0. The molecular formula is C8H6Cl3N3S. The number of rotatable bonds is 1. The van der Waals surface area contributed by atoms with E-state index in [0.717, 1.165) is 10.6 Å². The smallest absolute Gasteiger partial charge is 0.203 e. The third-order valence-corrected chi connectivity index (χ3v) is 3.15. The van der Waals surface area contributed by atoms with Gasteiger partial charge in [0.15, 0.2) is 0 Å². The molecule has 0 saturated carbocycles. The summed E-state index contributed by atoms with van der Waals surface area (Å²) >= 11 is 13.0. The first-order valence-corrected chi connectivity index (χ1v) is 5.28. The van der Waals surface area contributed by atoms with E-state index in [2.05, 4.69) is 10.2 Å². The highest BCUT2D eigenvalue weighted by molar-refractivity contribution is 7.18. The number of anilines is 1. The maximum Gasteiger partial charge on any atom is 0.203 e. The molecule has 2 aromatic rings. The van der Waals surface area contributed by atoms with E-state index in [9.17, 15) is 0 Å². The molecule has 0 fully saturated rings. The Morgan fingerprint density at radius 3 is 2.40 bits per heavy atom. The number of aromatic nitrogens is 2. The van der Waals surface area contributed by atoms with E-state index in [1.54, 1.807) is 12.1 Å². The van der Waals surface area contributed by atoms with Gasteiger partial charge in [0.25, 0.3) is 0 Å². The standard InChI is InChI=1S/C8H5Cl2N3S.ClH/c9-5-2-1-4(3-6(5)10)7-12-13-8(11)14-7;/h1-3H,(H2,11,13);1H.